The summed E-state index contributed by atoms with van der Waals surface area (Å²) in [6.45, 7) is 8.10. The molecule has 10 nitrogen and oxygen atoms in total. The summed E-state index contributed by atoms with van der Waals surface area (Å²) >= 11 is 0. The summed E-state index contributed by atoms with van der Waals surface area (Å²) in [5.41, 5.74) is -2.92. The summed E-state index contributed by atoms with van der Waals surface area (Å²) in [5, 5.41) is 2.43. The van der Waals surface area contributed by atoms with Crippen molar-refractivity contribution >= 4 is 23.2 Å². The highest BCUT2D eigenvalue weighted by molar-refractivity contribution is 6.07. The third-order valence-electron chi connectivity index (χ3n) is 8.08. The molecule has 2 aromatic heterocycles. The van der Waals surface area contributed by atoms with Gasteiger partial charge in [0.15, 0.2) is 5.82 Å². The fourth-order valence-electron chi connectivity index (χ4n) is 5.65. The molecule has 5 rings (SSSR count). The number of amides is 1. The lowest BCUT2D eigenvalue weighted by molar-refractivity contribution is -0.00572. The fourth-order valence-corrected chi connectivity index (χ4v) is 5.65. The van der Waals surface area contributed by atoms with E-state index in [2.05, 4.69) is 20.2 Å². The van der Waals surface area contributed by atoms with Gasteiger partial charge in [-0.15, -0.1) is 0 Å². The van der Waals surface area contributed by atoms with E-state index in [1.54, 1.807) is 4.90 Å². The number of ether oxygens (including phenoxy) is 1. The number of hydrogen-bond donors (Lipinski definition) is 1. The number of morpholine rings is 1. The lowest BCUT2D eigenvalue weighted by atomic mass is 10.0. The van der Waals surface area contributed by atoms with Gasteiger partial charge in [-0.2, -0.15) is 0 Å². The largest absolute Gasteiger partial charge is 0.372 e. The molecule has 1 amide bonds. The number of benzene rings is 1. The average molecular weight is 618 g/mol. The van der Waals surface area contributed by atoms with Gasteiger partial charge < -0.3 is 29.3 Å². The molecule has 0 saturated carbocycles. The van der Waals surface area contributed by atoms with Crippen LogP contribution in [0.2, 0.25) is 0 Å². The smallest absolute Gasteiger partial charge is 0.264 e. The van der Waals surface area contributed by atoms with E-state index in [0.29, 0.717) is 38.8 Å². The molecule has 1 N–H and O–H groups in total. The Bertz CT molecular complexity index is 1610. The first-order valence-electron chi connectivity index (χ1n) is 14.3. The summed E-state index contributed by atoms with van der Waals surface area (Å²) in [7, 11) is 3.24. The minimum atomic E-state index is -3.14. The van der Waals surface area contributed by atoms with Crippen molar-refractivity contribution in [1.82, 2.24) is 19.4 Å². The van der Waals surface area contributed by atoms with Crippen LogP contribution in [0.15, 0.2) is 35.4 Å². The molecule has 44 heavy (non-hydrogen) atoms. The molecule has 0 aliphatic carbocycles. The van der Waals surface area contributed by atoms with Crippen LogP contribution in [0.25, 0.3) is 11.3 Å². The second-order valence-electron chi connectivity index (χ2n) is 11.5. The SMILES string of the molecule is CC1CN(c2cc(F)c(-c3ccnc(N4C[C@@H](C)O[C@@H](C)C4)n3)c(F)c2NC(=O)c2cn(C)c(=O)cc2C(F)F)CCN1C. The van der Waals surface area contributed by atoms with Crippen LogP contribution in [0.3, 0.4) is 0 Å². The number of pyridine rings is 1. The van der Waals surface area contributed by atoms with Gasteiger partial charge >= 0.3 is 0 Å². The lowest BCUT2D eigenvalue weighted by Gasteiger charge is -2.39. The number of carbonyl (C=O) groups excluding carboxylic acids is 1. The Morgan fingerprint density at radius 2 is 1.75 bits per heavy atom. The first kappa shape index (κ1) is 31.4. The normalized spacial score (nSPS) is 21.2. The summed E-state index contributed by atoms with van der Waals surface area (Å²) in [5.74, 6) is -2.84. The third-order valence-corrected chi connectivity index (χ3v) is 8.08. The van der Waals surface area contributed by atoms with Gasteiger partial charge in [0, 0.05) is 75.9 Å². The predicted molar refractivity (Wildman–Crippen MR) is 159 cm³/mol. The summed E-state index contributed by atoms with van der Waals surface area (Å²) in [6.07, 6.45) is -0.986. The number of halogens is 4. The predicted octanol–water partition coefficient (Wildman–Crippen LogP) is 4.06. The van der Waals surface area contributed by atoms with E-state index in [4.69, 9.17) is 4.74 Å². The topological polar surface area (TPSA) is 95.8 Å². The number of nitrogens with one attached hydrogen (secondary N) is 1. The number of aromatic nitrogens is 3. The summed E-state index contributed by atoms with van der Waals surface area (Å²) in [6, 6.07) is 3.19. The Morgan fingerprint density at radius 1 is 1.05 bits per heavy atom. The highest BCUT2D eigenvalue weighted by Crippen LogP contribution is 2.39. The van der Waals surface area contributed by atoms with E-state index < -0.39 is 46.2 Å². The first-order valence-corrected chi connectivity index (χ1v) is 14.3. The number of rotatable bonds is 6. The van der Waals surface area contributed by atoms with Crippen molar-refractivity contribution in [3.8, 4) is 11.3 Å². The molecule has 236 valence electrons. The number of alkyl halides is 2. The Morgan fingerprint density at radius 3 is 2.41 bits per heavy atom. The van der Waals surface area contributed by atoms with Gasteiger partial charge in [-0.25, -0.2) is 27.5 Å². The zero-order chi connectivity index (χ0) is 31.9. The molecule has 2 saturated heterocycles. The van der Waals surface area contributed by atoms with Gasteiger partial charge in [0.25, 0.3) is 17.9 Å². The van der Waals surface area contributed by atoms with Gasteiger partial charge in [0.1, 0.15) is 11.5 Å². The number of nitrogens with zero attached hydrogens (tertiary/aromatic N) is 6. The molecule has 3 aromatic rings. The van der Waals surface area contributed by atoms with Crippen LogP contribution in [-0.4, -0.2) is 83.4 Å². The number of carbonyl (C=O) groups is 1. The third kappa shape index (κ3) is 6.27. The number of anilines is 3. The molecule has 4 heterocycles. The fraction of sp³-hybridized carbons (Fsp3) is 0.467. The van der Waals surface area contributed by atoms with Crippen LogP contribution < -0.4 is 20.7 Å². The van der Waals surface area contributed by atoms with Crippen molar-refractivity contribution in [1.29, 1.82) is 0 Å². The molecule has 14 heteroatoms. The van der Waals surface area contributed by atoms with Crippen LogP contribution in [-0.2, 0) is 11.8 Å². The molecule has 0 bridgehead atoms. The van der Waals surface area contributed by atoms with Gasteiger partial charge in [-0.3, -0.25) is 9.59 Å². The van der Waals surface area contributed by atoms with Gasteiger partial charge in [0.05, 0.1) is 34.7 Å². The lowest BCUT2D eigenvalue weighted by Crippen LogP contribution is -2.50. The van der Waals surface area contributed by atoms with E-state index in [9.17, 15) is 18.4 Å². The van der Waals surface area contributed by atoms with E-state index in [1.807, 2.05) is 32.7 Å². The molecule has 2 fully saturated rings. The monoisotopic (exact) mass is 617 g/mol. The van der Waals surface area contributed by atoms with Crippen molar-refractivity contribution in [2.45, 2.75) is 45.4 Å². The van der Waals surface area contributed by atoms with Crippen LogP contribution >= 0.6 is 0 Å². The van der Waals surface area contributed by atoms with Gasteiger partial charge in [-0.05, 0) is 33.9 Å². The minimum absolute atomic E-state index is 0.0231. The maximum Gasteiger partial charge on any atom is 0.264 e. The van der Waals surface area contributed by atoms with Crippen molar-refractivity contribution in [3.05, 3.63) is 63.7 Å². The molecule has 1 unspecified atom stereocenters. The van der Waals surface area contributed by atoms with E-state index in [-0.39, 0.29) is 41.3 Å². The van der Waals surface area contributed by atoms with E-state index in [0.717, 1.165) is 16.8 Å². The quantitative estimate of drug-likeness (QED) is 0.414. The van der Waals surface area contributed by atoms with Gasteiger partial charge in [0.2, 0.25) is 5.95 Å². The molecule has 0 radical (unpaired) electrons. The molecule has 2 aliphatic rings. The molecule has 3 atom stereocenters. The Kier molecular flexibility index (Phi) is 8.93. The molecule has 1 aromatic carbocycles. The maximum absolute atomic E-state index is 16.6. The number of piperazine rings is 1. The molecular weight excluding hydrogens is 582 g/mol. The Balaban J connectivity index is 1.61. The highest BCUT2D eigenvalue weighted by atomic mass is 19.3. The van der Waals surface area contributed by atoms with Crippen LogP contribution in [0.1, 0.15) is 43.1 Å². The number of likely N-dealkylation sites (N-methyl/N-ethyl adjacent to an activating group) is 1. The minimum Gasteiger partial charge on any atom is -0.372 e. The second kappa shape index (κ2) is 12.5. The number of hydrogen-bond acceptors (Lipinski definition) is 8. The average Bonchev–Trinajstić information content (AvgIpc) is 2.96. The zero-order valence-corrected chi connectivity index (χ0v) is 25.2. The number of aryl methyl sites for hydroxylation is 1. The van der Waals surface area contributed by atoms with Crippen molar-refractivity contribution in [3.63, 3.8) is 0 Å². The Hall–Kier alpha value is -4.04. The van der Waals surface area contributed by atoms with Crippen LogP contribution in [0.5, 0.6) is 0 Å². The maximum atomic E-state index is 16.6. The van der Waals surface area contributed by atoms with E-state index >= 15 is 8.78 Å². The zero-order valence-electron chi connectivity index (χ0n) is 25.2. The Labute approximate surface area is 252 Å². The molecule has 2 aliphatic heterocycles. The van der Waals surface area contributed by atoms with Crippen molar-refractivity contribution in [2.24, 2.45) is 7.05 Å². The first-order chi connectivity index (χ1) is 20.8. The van der Waals surface area contributed by atoms with Gasteiger partial charge in [-0.1, -0.05) is 0 Å². The van der Waals surface area contributed by atoms with E-state index in [1.165, 1.54) is 19.3 Å². The van der Waals surface area contributed by atoms with Crippen LogP contribution in [0.4, 0.5) is 34.9 Å². The summed E-state index contributed by atoms with van der Waals surface area (Å²) in [4.78, 5) is 40.0. The highest BCUT2D eigenvalue weighted by Gasteiger charge is 2.31. The molecular formula is C30H35F4N7O3. The standard InChI is InChI=1S/C30H35F4N7O3/c1-16-12-40(9-8-38(16)4)23-11-21(31)25(22-6-7-35-30(36-22)41-13-17(2)44-18(3)14-41)26(32)27(23)37-29(43)20-15-39(5)24(42)10-19(20)28(33)34/h6-7,10-11,15-18,28H,8-9,12-14H2,1-5H3,(H,37,43)/t16?,17-,18+. The second-order valence-corrected chi connectivity index (χ2v) is 11.5. The van der Waals surface area contributed by atoms with Crippen LogP contribution in [0, 0.1) is 11.6 Å². The summed E-state index contributed by atoms with van der Waals surface area (Å²) < 4.78 is 67.0. The molecule has 0 spiro atoms. The van der Waals surface area contributed by atoms with Crippen molar-refractivity contribution in [2.75, 3.05) is 54.9 Å². The van der Waals surface area contributed by atoms with Crippen molar-refractivity contribution < 1.29 is 27.1 Å².